The summed E-state index contributed by atoms with van der Waals surface area (Å²) in [4.78, 5) is 21.0. The summed E-state index contributed by atoms with van der Waals surface area (Å²) in [6.07, 6.45) is 1.31. The SMILES string of the molecule is O=c1c2ccc(C(F)(F)F)cc2nc2n1CC/C2=C\c1cccnc1. The molecule has 3 heterocycles. The van der Waals surface area contributed by atoms with E-state index in [-0.39, 0.29) is 16.5 Å². The average Bonchev–Trinajstić information content (AvgIpc) is 2.98. The number of halogens is 3. The van der Waals surface area contributed by atoms with Gasteiger partial charge >= 0.3 is 6.18 Å². The van der Waals surface area contributed by atoms with Crippen molar-refractivity contribution >= 4 is 22.6 Å². The minimum atomic E-state index is -4.47. The van der Waals surface area contributed by atoms with Gasteiger partial charge in [-0.1, -0.05) is 6.07 Å². The lowest BCUT2D eigenvalue weighted by molar-refractivity contribution is -0.137. The maximum absolute atomic E-state index is 12.9. The molecule has 0 saturated carbocycles. The molecule has 0 bridgehead atoms. The molecule has 1 aliphatic heterocycles. The Balaban J connectivity index is 1.90. The number of benzene rings is 1. The molecule has 0 amide bonds. The first-order valence-electron chi connectivity index (χ1n) is 7.66. The molecule has 0 spiro atoms. The first-order chi connectivity index (χ1) is 11.9. The Morgan fingerprint density at radius 2 is 2.04 bits per heavy atom. The molecule has 0 radical (unpaired) electrons. The molecule has 0 atom stereocenters. The van der Waals surface area contributed by atoms with E-state index in [1.165, 1.54) is 10.6 Å². The van der Waals surface area contributed by atoms with Gasteiger partial charge in [0.2, 0.25) is 0 Å². The standard InChI is InChI=1S/C18H12F3N3O/c19-18(20,21)13-3-4-14-15(9-13)23-16-12(5-7-24(16)17(14)25)8-11-2-1-6-22-10-11/h1-4,6,8-10H,5,7H2/b12-8+. The van der Waals surface area contributed by atoms with Gasteiger partial charge in [0.15, 0.2) is 0 Å². The molecule has 2 aromatic heterocycles. The topological polar surface area (TPSA) is 47.8 Å². The summed E-state index contributed by atoms with van der Waals surface area (Å²) in [5.41, 5.74) is 0.592. The van der Waals surface area contributed by atoms with Crippen molar-refractivity contribution in [2.75, 3.05) is 0 Å². The number of pyridine rings is 1. The van der Waals surface area contributed by atoms with E-state index < -0.39 is 11.7 Å². The predicted octanol–water partition coefficient (Wildman–Crippen LogP) is 3.75. The van der Waals surface area contributed by atoms with E-state index in [1.54, 1.807) is 18.5 Å². The Morgan fingerprint density at radius 1 is 1.20 bits per heavy atom. The Hall–Kier alpha value is -2.96. The average molecular weight is 343 g/mol. The van der Waals surface area contributed by atoms with Crippen LogP contribution < -0.4 is 5.56 Å². The molecule has 0 fully saturated rings. The van der Waals surface area contributed by atoms with Gasteiger partial charge in [-0.15, -0.1) is 0 Å². The van der Waals surface area contributed by atoms with Gasteiger partial charge in [-0.3, -0.25) is 14.3 Å². The van der Waals surface area contributed by atoms with E-state index in [1.807, 2.05) is 12.1 Å². The number of hydrogen-bond donors (Lipinski definition) is 0. The molecule has 1 aromatic carbocycles. The highest BCUT2D eigenvalue weighted by Gasteiger charge is 2.31. The van der Waals surface area contributed by atoms with E-state index >= 15 is 0 Å². The number of allylic oxidation sites excluding steroid dienone is 1. The third-order valence-electron chi connectivity index (χ3n) is 4.20. The molecular weight excluding hydrogens is 331 g/mol. The lowest BCUT2D eigenvalue weighted by Gasteiger charge is -2.09. The number of nitrogens with zero attached hydrogens (tertiary/aromatic N) is 3. The van der Waals surface area contributed by atoms with Gasteiger partial charge < -0.3 is 0 Å². The van der Waals surface area contributed by atoms with Crippen LogP contribution in [0.1, 0.15) is 23.4 Å². The minimum absolute atomic E-state index is 0.0602. The molecular formula is C18H12F3N3O. The van der Waals surface area contributed by atoms with Crippen molar-refractivity contribution in [1.29, 1.82) is 0 Å². The first-order valence-corrected chi connectivity index (χ1v) is 7.66. The highest BCUT2D eigenvalue weighted by Crippen LogP contribution is 2.32. The molecule has 3 aromatic rings. The van der Waals surface area contributed by atoms with Gasteiger partial charge in [0.25, 0.3) is 5.56 Å². The summed E-state index contributed by atoms with van der Waals surface area (Å²) in [5.74, 6) is 0.417. The Bertz CT molecular complexity index is 1050. The maximum Gasteiger partial charge on any atom is 0.416 e. The minimum Gasteiger partial charge on any atom is -0.292 e. The van der Waals surface area contributed by atoms with E-state index in [9.17, 15) is 18.0 Å². The lowest BCUT2D eigenvalue weighted by Crippen LogP contribution is -2.21. The number of hydrogen-bond acceptors (Lipinski definition) is 3. The molecule has 7 heteroatoms. The molecule has 4 nitrogen and oxygen atoms in total. The maximum atomic E-state index is 12.9. The van der Waals surface area contributed by atoms with Crippen LogP contribution >= 0.6 is 0 Å². The predicted molar refractivity (Wildman–Crippen MR) is 87.7 cm³/mol. The smallest absolute Gasteiger partial charge is 0.292 e. The molecule has 4 rings (SSSR count). The van der Waals surface area contributed by atoms with E-state index in [0.717, 1.165) is 23.3 Å². The van der Waals surface area contributed by atoms with Gasteiger partial charge in [-0.25, -0.2) is 4.98 Å². The lowest BCUT2D eigenvalue weighted by atomic mass is 10.1. The van der Waals surface area contributed by atoms with Crippen LogP contribution in [0.4, 0.5) is 13.2 Å². The molecule has 1 aliphatic rings. The summed E-state index contributed by atoms with van der Waals surface area (Å²) >= 11 is 0. The van der Waals surface area contributed by atoms with Crippen LogP contribution in [0.5, 0.6) is 0 Å². The van der Waals surface area contributed by atoms with Crippen molar-refractivity contribution < 1.29 is 13.2 Å². The van der Waals surface area contributed by atoms with Gasteiger partial charge in [0.05, 0.1) is 16.5 Å². The van der Waals surface area contributed by atoms with Crippen LogP contribution in [-0.4, -0.2) is 14.5 Å². The fourth-order valence-electron chi connectivity index (χ4n) is 2.99. The quantitative estimate of drug-likeness (QED) is 0.676. The Morgan fingerprint density at radius 3 is 2.76 bits per heavy atom. The molecule has 0 unspecified atom stereocenters. The summed E-state index contributed by atoms with van der Waals surface area (Å²) < 4.78 is 40.3. The van der Waals surface area contributed by atoms with Crippen LogP contribution in [0.3, 0.4) is 0 Å². The van der Waals surface area contributed by atoms with Crippen LogP contribution in [-0.2, 0) is 12.7 Å². The zero-order valence-electron chi connectivity index (χ0n) is 12.9. The van der Waals surface area contributed by atoms with E-state index in [4.69, 9.17) is 0 Å². The second kappa shape index (κ2) is 5.54. The Kier molecular flexibility index (Phi) is 3.45. The third kappa shape index (κ3) is 2.71. The third-order valence-corrected chi connectivity index (χ3v) is 4.20. The van der Waals surface area contributed by atoms with Crippen molar-refractivity contribution in [3.8, 4) is 0 Å². The normalized spacial score (nSPS) is 15.7. The molecule has 0 N–H and O–H groups in total. The van der Waals surface area contributed by atoms with Crippen molar-refractivity contribution in [1.82, 2.24) is 14.5 Å². The van der Waals surface area contributed by atoms with Crippen molar-refractivity contribution in [3.05, 3.63) is 70.0 Å². The van der Waals surface area contributed by atoms with E-state index in [2.05, 4.69) is 9.97 Å². The first kappa shape index (κ1) is 15.6. The highest BCUT2D eigenvalue weighted by atomic mass is 19.4. The number of fused-ring (bicyclic) bond motifs is 2. The van der Waals surface area contributed by atoms with Crippen molar-refractivity contribution in [3.63, 3.8) is 0 Å². The second-order valence-corrected chi connectivity index (χ2v) is 5.83. The van der Waals surface area contributed by atoms with Gasteiger partial charge in [-0.05, 0) is 47.9 Å². The number of rotatable bonds is 1. The summed E-state index contributed by atoms with van der Waals surface area (Å²) in [7, 11) is 0. The van der Waals surface area contributed by atoms with Crippen LogP contribution in [0, 0.1) is 0 Å². The van der Waals surface area contributed by atoms with E-state index in [0.29, 0.717) is 18.8 Å². The van der Waals surface area contributed by atoms with Crippen molar-refractivity contribution in [2.45, 2.75) is 19.1 Å². The summed E-state index contributed by atoms with van der Waals surface area (Å²) in [6, 6.07) is 6.70. The Labute approximate surface area is 140 Å². The zero-order valence-corrected chi connectivity index (χ0v) is 12.9. The fraction of sp³-hybridized carbons (Fsp3) is 0.167. The summed E-state index contributed by atoms with van der Waals surface area (Å²) in [5, 5.41) is 0.194. The largest absolute Gasteiger partial charge is 0.416 e. The summed E-state index contributed by atoms with van der Waals surface area (Å²) in [6.45, 7) is 0.463. The monoisotopic (exact) mass is 343 g/mol. The van der Waals surface area contributed by atoms with Gasteiger partial charge in [0.1, 0.15) is 5.82 Å². The van der Waals surface area contributed by atoms with Gasteiger partial charge in [-0.2, -0.15) is 13.2 Å². The molecule has 0 saturated heterocycles. The van der Waals surface area contributed by atoms with Crippen LogP contribution in [0.25, 0.3) is 22.6 Å². The second-order valence-electron chi connectivity index (χ2n) is 5.83. The van der Waals surface area contributed by atoms with Crippen molar-refractivity contribution in [2.24, 2.45) is 0 Å². The number of alkyl halides is 3. The molecule has 0 aliphatic carbocycles. The fourth-order valence-corrected chi connectivity index (χ4v) is 2.99. The zero-order chi connectivity index (χ0) is 17.6. The molecule has 126 valence electrons. The highest BCUT2D eigenvalue weighted by molar-refractivity contribution is 5.85. The molecule has 25 heavy (non-hydrogen) atoms. The van der Waals surface area contributed by atoms with Crippen LogP contribution in [0.2, 0.25) is 0 Å². The number of aromatic nitrogens is 3. The van der Waals surface area contributed by atoms with Crippen LogP contribution in [0.15, 0.2) is 47.5 Å². The van der Waals surface area contributed by atoms with Gasteiger partial charge in [0, 0.05) is 18.9 Å².